The first kappa shape index (κ1) is 63.9. The fraction of sp³-hybridized carbons (Fsp3) is 0.0909. The molecule has 18 heteroatoms. The van der Waals surface area contributed by atoms with E-state index in [1.54, 1.807) is 0 Å². The maximum Gasteiger partial charge on any atom is 0.219 e. The first-order valence-electron chi connectivity index (χ1n) is 26.6. The van der Waals surface area contributed by atoms with Gasteiger partial charge in [-0.05, 0) is 18.2 Å². The fourth-order valence-electron chi connectivity index (χ4n) is 9.76. The molecule has 9 aromatic carbocycles. The van der Waals surface area contributed by atoms with Gasteiger partial charge in [0.15, 0.2) is 54.0 Å². The van der Waals surface area contributed by atoms with Crippen molar-refractivity contribution in [1.82, 2.24) is 16.6 Å². The van der Waals surface area contributed by atoms with E-state index in [0.29, 0.717) is 33.4 Å². The first-order chi connectivity index (χ1) is 39.7. The van der Waals surface area contributed by atoms with Crippen molar-refractivity contribution in [3.8, 4) is 0 Å². The SMILES string of the molecule is O=C(CN1N[NH+](CC(=O)c2ccccc2)c2ccccc21)c1ccccc1.O=C(CN1N[NH+](CC(=O)c2ccccc2)c2ccccc21)c1ccccc1.O=C(CN1N[NH+](CC(=O)c2ccccc2)c2ccccc21)c1ccccc1.[I-].[I-].[I-]. The smallest absolute Gasteiger partial charge is 0.219 e. The summed E-state index contributed by atoms with van der Waals surface area (Å²) < 4.78 is 0. The van der Waals surface area contributed by atoms with Crippen molar-refractivity contribution < 1.29 is 116 Å². The van der Waals surface area contributed by atoms with Gasteiger partial charge in [0.2, 0.25) is 17.3 Å². The lowest BCUT2D eigenvalue weighted by Crippen LogP contribution is -3.14. The number of Topliss-reactive ketones (excluding diaryl/α,β-unsaturated/α-hetero) is 6. The molecule has 0 saturated heterocycles. The third-order valence-electron chi connectivity index (χ3n) is 13.9. The number of benzene rings is 9. The van der Waals surface area contributed by atoms with Crippen molar-refractivity contribution >= 4 is 68.8 Å². The summed E-state index contributed by atoms with van der Waals surface area (Å²) in [7, 11) is 0. The zero-order valence-electron chi connectivity index (χ0n) is 45.4. The van der Waals surface area contributed by atoms with E-state index in [4.69, 9.17) is 0 Å². The molecule has 0 amide bonds. The van der Waals surface area contributed by atoms with Crippen LogP contribution in [0.15, 0.2) is 255 Å². The Morgan fingerprint density at radius 3 is 0.643 bits per heavy atom. The Labute approximate surface area is 539 Å². The second kappa shape index (κ2) is 31.3. The van der Waals surface area contributed by atoms with Crippen LogP contribution >= 0.6 is 0 Å². The average Bonchev–Trinajstić information content (AvgIpc) is 3.83. The quantitative estimate of drug-likeness (QED) is 0.0402. The maximum absolute atomic E-state index is 12.6. The summed E-state index contributed by atoms with van der Waals surface area (Å²) >= 11 is 0. The van der Waals surface area contributed by atoms with E-state index in [1.807, 2.05) is 270 Å². The van der Waals surface area contributed by atoms with Gasteiger partial charge in [-0.2, -0.15) is 15.0 Å². The second-order valence-electron chi connectivity index (χ2n) is 19.3. The van der Waals surface area contributed by atoms with Gasteiger partial charge in [-0.25, -0.2) is 0 Å². The molecular formula is C66H60I3N9O6. The van der Waals surface area contributed by atoms with E-state index in [0.717, 1.165) is 49.2 Å². The van der Waals surface area contributed by atoms with Gasteiger partial charge in [-0.1, -0.05) is 235 Å². The molecule has 426 valence electrons. The monoisotopic (exact) mass is 1460 g/mol. The van der Waals surface area contributed by atoms with Gasteiger partial charge < -0.3 is 71.9 Å². The third kappa shape index (κ3) is 16.2. The zero-order chi connectivity index (χ0) is 55.9. The summed E-state index contributed by atoms with van der Waals surface area (Å²) in [6.45, 7) is 1.38. The predicted molar refractivity (Wildman–Crippen MR) is 312 cm³/mol. The standard InChI is InChI=1S/3C22H19N3O2.3HI/c3*26-21(17-9-3-1-4-10-17)15-24-19-13-7-8-14-20(19)25(23-24)16-22(27)18-11-5-2-6-12-18;;;/h3*1-14,23H,15-16H2;3*1H. The van der Waals surface area contributed by atoms with Crippen LogP contribution in [-0.2, 0) is 0 Å². The number of ketones is 6. The van der Waals surface area contributed by atoms with Gasteiger partial charge in [0, 0.05) is 51.6 Å². The second-order valence-corrected chi connectivity index (χ2v) is 19.3. The Morgan fingerprint density at radius 2 is 0.429 bits per heavy atom. The number of rotatable bonds is 18. The van der Waals surface area contributed by atoms with Crippen molar-refractivity contribution in [3.63, 3.8) is 0 Å². The Balaban J connectivity index is 0.000000178. The van der Waals surface area contributed by atoms with Gasteiger partial charge in [0.05, 0.1) is 0 Å². The van der Waals surface area contributed by atoms with Crippen LogP contribution in [0.25, 0.3) is 0 Å². The minimum atomic E-state index is 0. The highest BCUT2D eigenvalue weighted by atomic mass is 127. The number of nitrogens with zero attached hydrogens (tertiary/aromatic N) is 3. The Morgan fingerprint density at radius 1 is 0.250 bits per heavy atom. The Kier molecular flexibility index (Phi) is 23.8. The molecule has 9 aromatic rings. The molecule has 0 spiro atoms. The summed E-state index contributed by atoms with van der Waals surface area (Å²) in [5.41, 5.74) is 19.5. The molecule has 6 N–H and O–H groups in total. The number of hydrazine groups is 3. The molecule has 3 unspecified atom stereocenters. The van der Waals surface area contributed by atoms with Crippen molar-refractivity contribution in [1.29, 1.82) is 0 Å². The zero-order valence-corrected chi connectivity index (χ0v) is 51.9. The molecule has 3 aliphatic rings. The molecule has 3 atom stereocenters. The number of carbonyl (C=O) groups is 6. The number of quaternary nitrogens is 3. The van der Waals surface area contributed by atoms with Crippen molar-refractivity contribution in [2.24, 2.45) is 0 Å². The number of halogens is 3. The minimum absolute atomic E-state index is 0. The lowest BCUT2D eigenvalue weighted by Gasteiger charge is -2.17. The number of para-hydroxylation sites is 6. The molecule has 84 heavy (non-hydrogen) atoms. The number of hydrogen-bond donors (Lipinski definition) is 6. The van der Waals surface area contributed by atoms with E-state index in [2.05, 4.69) is 16.6 Å². The molecule has 3 aliphatic heterocycles. The Bertz CT molecular complexity index is 3040. The van der Waals surface area contributed by atoms with Crippen LogP contribution in [0.4, 0.5) is 34.1 Å². The van der Waals surface area contributed by atoms with E-state index in [1.165, 1.54) is 0 Å². The van der Waals surface area contributed by atoms with E-state index >= 15 is 0 Å². The number of nitrogens with one attached hydrogen (secondary N) is 6. The molecule has 15 nitrogen and oxygen atoms in total. The summed E-state index contributed by atoms with van der Waals surface area (Å²) in [5, 5.41) is 7.91. The molecule has 0 bridgehead atoms. The number of fused-ring (bicyclic) bond motifs is 3. The Hall–Kier alpha value is -7.65. The number of anilines is 3. The summed E-state index contributed by atoms with van der Waals surface area (Å²) in [6, 6.07) is 78.9. The molecule has 3 heterocycles. The topological polar surface area (TPSA) is 162 Å². The minimum Gasteiger partial charge on any atom is -1.00 e. The van der Waals surface area contributed by atoms with E-state index in [9.17, 15) is 28.8 Å². The van der Waals surface area contributed by atoms with Crippen molar-refractivity contribution in [3.05, 3.63) is 288 Å². The molecule has 0 aliphatic carbocycles. The third-order valence-corrected chi connectivity index (χ3v) is 13.9. The van der Waals surface area contributed by atoms with Gasteiger partial charge in [-0.15, -0.1) is 0 Å². The van der Waals surface area contributed by atoms with Gasteiger partial charge >= 0.3 is 0 Å². The lowest BCUT2D eigenvalue weighted by molar-refractivity contribution is -0.866. The molecular weight excluding hydrogens is 1400 g/mol. The van der Waals surface area contributed by atoms with Crippen LogP contribution in [-0.4, -0.2) is 74.0 Å². The summed E-state index contributed by atoms with van der Waals surface area (Å²) in [5.74, 6) is 0.202. The van der Waals surface area contributed by atoms with Gasteiger partial charge in [0.25, 0.3) is 0 Å². The summed E-state index contributed by atoms with van der Waals surface area (Å²) in [4.78, 5) is 75.7. The molecule has 12 rings (SSSR count). The highest BCUT2D eigenvalue weighted by Crippen LogP contribution is 2.27. The number of hydrogen-bond acceptors (Lipinski definition) is 12. The van der Waals surface area contributed by atoms with Crippen LogP contribution in [0.2, 0.25) is 0 Å². The molecule has 0 fully saturated rings. The van der Waals surface area contributed by atoms with Crippen molar-refractivity contribution in [2.75, 3.05) is 54.3 Å². The van der Waals surface area contributed by atoms with Crippen LogP contribution in [0.1, 0.15) is 62.1 Å². The fourth-order valence-corrected chi connectivity index (χ4v) is 9.76. The van der Waals surface area contributed by atoms with Gasteiger partial charge in [0.1, 0.15) is 36.7 Å². The lowest BCUT2D eigenvalue weighted by atomic mass is 10.1. The maximum atomic E-state index is 12.6. The van der Waals surface area contributed by atoms with Crippen LogP contribution in [0.3, 0.4) is 0 Å². The van der Waals surface area contributed by atoms with E-state index < -0.39 is 0 Å². The predicted octanol–water partition coefficient (Wildman–Crippen LogP) is -2.36. The molecule has 0 radical (unpaired) electrons. The van der Waals surface area contributed by atoms with E-state index in [-0.39, 0.29) is 146 Å². The number of carbonyl (C=O) groups excluding carboxylic acids is 6. The first-order valence-corrected chi connectivity index (χ1v) is 26.6. The molecule has 0 aromatic heterocycles. The largest absolute Gasteiger partial charge is 1.00 e. The molecule has 0 saturated carbocycles. The highest BCUT2D eigenvalue weighted by molar-refractivity contribution is 6.02. The van der Waals surface area contributed by atoms with Gasteiger partial charge in [-0.3, -0.25) is 43.8 Å². The van der Waals surface area contributed by atoms with Crippen molar-refractivity contribution in [2.45, 2.75) is 0 Å². The van der Waals surface area contributed by atoms with Crippen LogP contribution < -0.4 is 119 Å². The average molecular weight is 1460 g/mol. The summed E-state index contributed by atoms with van der Waals surface area (Å²) in [6.07, 6.45) is 0. The normalized spacial score (nSPS) is 14.9. The highest BCUT2D eigenvalue weighted by Gasteiger charge is 2.36. The van der Waals surface area contributed by atoms with Crippen LogP contribution in [0.5, 0.6) is 0 Å². The van der Waals surface area contributed by atoms with Crippen LogP contribution in [0, 0.1) is 0 Å².